The molecule has 2 heterocycles. The Bertz CT molecular complexity index is 644. The van der Waals surface area contributed by atoms with Gasteiger partial charge in [0.25, 0.3) is 5.91 Å². The molecule has 1 aromatic carbocycles. The molecule has 1 aliphatic rings. The number of carbonyl (C=O) groups is 1. The molecule has 0 fully saturated rings. The Kier molecular flexibility index (Phi) is 4.31. The smallest absolute Gasteiger partial charge is 0.262 e. The van der Waals surface area contributed by atoms with E-state index in [0.717, 1.165) is 21.3 Å². The summed E-state index contributed by atoms with van der Waals surface area (Å²) < 4.78 is 6.48. The summed E-state index contributed by atoms with van der Waals surface area (Å²) in [4.78, 5) is 13.3. The molecule has 1 atom stereocenters. The molecule has 1 aliphatic heterocycles. The third-order valence-corrected chi connectivity index (χ3v) is 4.52. The number of ether oxygens (including phenoxy) is 1. The highest BCUT2D eigenvalue weighted by atomic mass is 35.5. The van der Waals surface area contributed by atoms with Gasteiger partial charge in [-0.1, -0.05) is 23.7 Å². The molecule has 2 aromatic rings. The number of para-hydroxylation sites is 2. The van der Waals surface area contributed by atoms with Gasteiger partial charge in [0.1, 0.15) is 5.75 Å². The van der Waals surface area contributed by atoms with Crippen molar-refractivity contribution < 1.29 is 9.53 Å². The largest absolute Gasteiger partial charge is 0.477 e. The van der Waals surface area contributed by atoms with Gasteiger partial charge in [-0.15, -0.1) is 11.3 Å². The standard InChI is InChI=1S/C15H15ClN2O2S/c16-14-6-5-10(21-14)7-8-17-15(19)13-9-18-11-3-1-2-4-12(11)20-13/h1-6,13,18H,7-9H2,(H,17,19). The molecule has 110 valence electrons. The van der Waals surface area contributed by atoms with E-state index >= 15 is 0 Å². The zero-order chi connectivity index (χ0) is 14.7. The van der Waals surface area contributed by atoms with E-state index in [1.54, 1.807) is 0 Å². The van der Waals surface area contributed by atoms with Gasteiger partial charge >= 0.3 is 0 Å². The molecule has 21 heavy (non-hydrogen) atoms. The van der Waals surface area contributed by atoms with Crippen molar-refractivity contribution in [2.24, 2.45) is 0 Å². The minimum atomic E-state index is -0.494. The van der Waals surface area contributed by atoms with E-state index in [9.17, 15) is 4.79 Å². The molecular weight excluding hydrogens is 308 g/mol. The highest BCUT2D eigenvalue weighted by Gasteiger charge is 2.25. The number of amides is 1. The van der Waals surface area contributed by atoms with Crippen molar-refractivity contribution in [1.82, 2.24) is 5.32 Å². The number of hydrogen-bond donors (Lipinski definition) is 2. The summed E-state index contributed by atoms with van der Waals surface area (Å²) in [6.07, 6.45) is 0.284. The molecule has 6 heteroatoms. The van der Waals surface area contributed by atoms with E-state index in [1.807, 2.05) is 36.4 Å². The van der Waals surface area contributed by atoms with Crippen LogP contribution < -0.4 is 15.4 Å². The molecule has 1 amide bonds. The lowest BCUT2D eigenvalue weighted by molar-refractivity contribution is -0.127. The van der Waals surface area contributed by atoms with Crippen molar-refractivity contribution in [3.05, 3.63) is 45.6 Å². The van der Waals surface area contributed by atoms with Gasteiger partial charge in [-0.3, -0.25) is 4.79 Å². The van der Waals surface area contributed by atoms with Gasteiger partial charge in [0.15, 0.2) is 6.10 Å². The number of anilines is 1. The molecule has 1 unspecified atom stereocenters. The van der Waals surface area contributed by atoms with Crippen molar-refractivity contribution in [3.63, 3.8) is 0 Å². The van der Waals surface area contributed by atoms with Crippen molar-refractivity contribution in [2.45, 2.75) is 12.5 Å². The molecule has 0 aliphatic carbocycles. The van der Waals surface area contributed by atoms with Crippen LogP contribution in [0.4, 0.5) is 5.69 Å². The number of hydrogen-bond acceptors (Lipinski definition) is 4. The summed E-state index contributed by atoms with van der Waals surface area (Å²) in [5.41, 5.74) is 0.926. The lowest BCUT2D eigenvalue weighted by Crippen LogP contribution is -2.45. The Morgan fingerprint density at radius 3 is 3.05 bits per heavy atom. The summed E-state index contributed by atoms with van der Waals surface area (Å²) in [5.74, 6) is 0.619. The van der Waals surface area contributed by atoms with E-state index in [4.69, 9.17) is 16.3 Å². The average Bonchev–Trinajstić information content (AvgIpc) is 2.92. The summed E-state index contributed by atoms with van der Waals surface area (Å²) in [5, 5.41) is 6.10. The first kappa shape index (κ1) is 14.2. The fraction of sp³-hybridized carbons (Fsp3) is 0.267. The summed E-state index contributed by atoms with van der Waals surface area (Å²) in [6.45, 7) is 1.06. The van der Waals surface area contributed by atoms with E-state index in [-0.39, 0.29) is 5.91 Å². The molecule has 0 radical (unpaired) electrons. The fourth-order valence-corrected chi connectivity index (χ4v) is 3.26. The van der Waals surface area contributed by atoms with Crippen LogP contribution in [0, 0.1) is 0 Å². The molecule has 0 saturated carbocycles. The van der Waals surface area contributed by atoms with Crippen LogP contribution in [-0.4, -0.2) is 25.1 Å². The van der Waals surface area contributed by atoms with Gasteiger partial charge in [-0.2, -0.15) is 0 Å². The third-order valence-electron chi connectivity index (χ3n) is 3.23. The number of carbonyl (C=O) groups excluding carboxylic acids is 1. The van der Waals surface area contributed by atoms with Gasteiger partial charge in [0.2, 0.25) is 0 Å². The second-order valence-electron chi connectivity index (χ2n) is 4.73. The zero-order valence-electron chi connectivity index (χ0n) is 11.3. The van der Waals surface area contributed by atoms with E-state index < -0.39 is 6.10 Å². The molecule has 0 spiro atoms. The second-order valence-corrected chi connectivity index (χ2v) is 6.53. The van der Waals surface area contributed by atoms with Crippen LogP contribution in [0.25, 0.3) is 0 Å². The molecular formula is C15H15ClN2O2S. The maximum atomic E-state index is 12.1. The topological polar surface area (TPSA) is 50.4 Å². The van der Waals surface area contributed by atoms with E-state index in [0.29, 0.717) is 18.8 Å². The van der Waals surface area contributed by atoms with Gasteiger partial charge < -0.3 is 15.4 Å². The van der Waals surface area contributed by atoms with Crippen molar-refractivity contribution in [3.8, 4) is 5.75 Å². The minimum Gasteiger partial charge on any atom is -0.477 e. The Hall–Kier alpha value is -1.72. The summed E-state index contributed by atoms with van der Waals surface area (Å²) in [7, 11) is 0. The number of fused-ring (bicyclic) bond motifs is 1. The summed E-state index contributed by atoms with van der Waals surface area (Å²) >= 11 is 7.41. The Balaban J connectivity index is 1.50. The third kappa shape index (κ3) is 3.49. The number of nitrogens with one attached hydrogen (secondary N) is 2. The molecule has 3 rings (SSSR count). The fourth-order valence-electron chi connectivity index (χ4n) is 2.17. The zero-order valence-corrected chi connectivity index (χ0v) is 12.8. The quantitative estimate of drug-likeness (QED) is 0.910. The van der Waals surface area contributed by atoms with E-state index in [2.05, 4.69) is 10.6 Å². The van der Waals surface area contributed by atoms with Crippen LogP contribution in [0.2, 0.25) is 4.34 Å². The summed E-state index contributed by atoms with van der Waals surface area (Å²) in [6, 6.07) is 11.5. The van der Waals surface area contributed by atoms with Crippen LogP contribution in [0.3, 0.4) is 0 Å². The second kappa shape index (κ2) is 6.37. The van der Waals surface area contributed by atoms with Crippen LogP contribution in [0.5, 0.6) is 5.75 Å². The van der Waals surface area contributed by atoms with Crippen LogP contribution in [0.1, 0.15) is 4.88 Å². The molecule has 2 N–H and O–H groups in total. The van der Waals surface area contributed by atoms with Crippen LogP contribution in [0.15, 0.2) is 36.4 Å². The Labute approximate surface area is 132 Å². The molecule has 4 nitrogen and oxygen atoms in total. The molecule has 0 bridgehead atoms. The van der Waals surface area contributed by atoms with E-state index in [1.165, 1.54) is 11.3 Å². The predicted molar refractivity (Wildman–Crippen MR) is 85.4 cm³/mol. The Morgan fingerprint density at radius 1 is 1.38 bits per heavy atom. The molecule has 0 saturated heterocycles. The predicted octanol–water partition coefficient (Wildman–Crippen LogP) is 2.93. The van der Waals surface area contributed by atoms with Gasteiger partial charge in [-0.05, 0) is 30.7 Å². The number of rotatable bonds is 4. The maximum Gasteiger partial charge on any atom is 0.262 e. The first-order valence-electron chi connectivity index (χ1n) is 6.74. The number of benzene rings is 1. The van der Waals surface area contributed by atoms with Crippen molar-refractivity contribution >= 4 is 34.5 Å². The van der Waals surface area contributed by atoms with Gasteiger partial charge in [-0.25, -0.2) is 0 Å². The highest BCUT2D eigenvalue weighted by molar-refractivity contribution is 7.16. The minimum absolute atomic E-state index is 0.0975. The van der Waals surface area contributed by atoms with Crippen LogP contribution in [-0.2, 0) is 11.2 Å². The maximum absolute atomic E-state index is 12.1. The normalized spacial score (nSPS) is 16.5. The average molecular weight is 323 g/mol. The number of halogens is 1. The highest BCUT2D eigenvalue weighted by Crippen LogP contribution is 2.28. The van der Waals surface area contributed by atoms with Crippen molar-refractivity contribution in [1.29, 1.82) is 0 Å². The SMILES string of the molecule is O=C(NCCc1ccc(Cl)s1)C1CNc2ccccc2O1. The lowest BCUT2D eigenvalue weighted by Gasteiger charge is -2.26. The van der Waals surface area contributed by atoms with Crippen molar-refractivity contribution in [2.75, 3.05) is 18.4 Å². The van der Waals surface area contributed by atoms with Crippen LogP contribution >= 0.6 is 22.9 Å². The molecule has 1 aromatic heterocycles. The first-order valence-corrected chi connectivity index (χ1v) is 7.93. The number of thiophene rings is 1. The van der Waals surface area contributed by atoms with Gasteiger partial charge in [0.05, 0.1) is 16.6 Å². The van der Waals surface area contributed by atoms with Gasteiger partial charge in [0, 0.05) is 11.4 Å². The monoisotopic (exact) mass is 322 g/mol. The first-order chi connectivity index (χ1) is 10.2. The Morgan fingerprint density at radius 2 is 2.24 bits per heavy atom. The lowest BCUT2D eigenvalue weighted by atomic mass is 10.2.